The SMILES string of the molecule is O=C(O)c1ccc(NC(=O)c2ccc(NC(=O)c3ccc(NC(=O)c4ccc([N+](=O)[O-])cc4)cc3)cc2)cc1. The molecule has 194 valence electrons. The number of carboxylic acid groups (broad SMARTS) is 1. The van der Waals surface area contributed by atoms with Gasteiger partial charge in [0.05, 0.1) is 10.5 Å². The fourth-order valence-electron chi connectivity index (χ4n) is 3.45. The number of anilines is 3. The van der Waals surface area contributed by atoms with Crippen LogP contribution in [0, 0.1) is 10.1 Å². The second kappa shape index (κ2) is 11.5. The maximum Gasteiger partial charge on any atom is 0.335 e. The molecule has 0 radical (unpaired) electrons. The monoisotopic (exact) mass is 524 g/mol. The van der Waals surface area contributed by atoms with Crippen LogP contribution in [0.2, 0.25) is 0 Å². The van der Waals surface area contributed by atoms with Crippen molar-refractivity contribution in [3.63, 3.8) is 0 Å². The number of carbonyl (C=O) groups is 4. The van der Waals surface area contributed by atoms with E-state index in [1.54, 1.807) is 24.3 Å². The first-order valence-electron chi connectivity index (χ1n) is 11.4. The number of carboxylic acids is 1. The second-order valence-electron chi connectivity index (χ2n) is 8.20. The number of nitrogens with one attached hydrogen (secondary N) is 3. The first-order valence-corrected chi connectivity index (χ1v) is 11.4. The number of rotatable bonds is 8. The summed E-state index contributed by atoms with van der Waals surface area (Å²) in [6.07, 6.45) is 0. The Hall–Kier alpha value is -5.84. The van der Waals surface area contributed by atoms with E-state index in [9.17, 15) is 29.3 Å². The van der Waals surface area contributed by atoms with E-state index >= 15 is 0 Å². The summed E-state index contributed by atoms with van der Waals surface area (Å²) in [5.41, 5.74) is 2.23. The Bertz CT molecular complexity index is 1550. The lowest BCUT2D eigenvalue weighted by Gasteiger charge is -2.09. The molecule has 4 aromatic carbocycles. The molecule has 0 aromatic heterocycles. The number of benzene rings is 4. The molecule has 0 fully saturated rings. The van der Waals surface area contributed by atoms with Crippen molar-refractivity contribution in [2.45, 2.75) is 0 Å². The minimum absolute atomic E-state index is 0.106. The molecule has 0 saturated heterocycles. The van der Waals surface area contributed by atoms with Gasteiger partial charge in [-0.05, 0) is 84.9 Å². The van der Waals surface area contributed by atoms with Crippen molar-refractivity contribution >= 4 is 46.4 Å². The number of hydrogen-bond donors (Lipinski definition) is 4. The molecule has 0 aliphatic heterocycles. The van der Waals surface area contributed by atoms with Crippen LogP contribution >= 0.6 is 0 Å². The standard InChI is InChI=1S/C28H20N4O7/c33-25(17-3-11-22(12-4-17)30-27(35)19-7-15-24(16-8-19)32(38)39)29-21-9-1-18(2-10-21)26(34)31-23-13-5-20(6-14-23)28(36)37/h1-16H,(H,29,33)(H,30,35)(H,31,34)(H,36,37). The highest BCUT2D eigenvalue weighted by atomic mass is 16.6. The average molecular weight is 524 g/mol. The largest absolute Gasteiger partial charge is 0.478 e. The highest BCUT2D eigenvalue weighted by Crippen LogP contribution is 2.17. The summed E-state index contributed by atoms with van der Waals surface area (Å²) < 4.78 is 0. The van der Waals surface area contributed by atoms with Crippen LogP contribution in [0.4, 0.5) is 22.7 Å². The van der Waals surface area contributed by atoms with Crippen LogP contribution in [0.1, 0.15) is 41.4 Å². The fraction of sp³-hybridized carbons (Fsp3) is 0. The van der Waals surface area contributed by atoms with Gasteiger partial charge in [0.2, 0.25) is 0 Å². The molecule has 39 heavy (non-hydrogen) atoms. The maximum atomic E-state index is 12.6. The Morgan fingerprint density at radius 3 is 1.08 bits per heavy atom. The Balaban J connectivity index is 1.32. The third-order valence-corrected chi connectivity index (χ3v) is 5.54. The molecule has 3 amide bonds. The summed E-state index contributed by atoms with van der Waals surface area (Å²) in [7, 11) is 0. The van der Waals surface area contributed by atoms with E-state index in [4.69, 9.17) is 5.11 Å². The lowest BCUT2D eigenvalue weighted by atomic mass is 10.1. The minimum atomic E-state index is -1.06. The summed E-state index contributed by atoms with van der Waals surface area (Å²) in [6, 6.07) is 23.3. The summed E-state index contributed by atoms with van der Waals surface area (Å²) in [6.45, 7) is 0. The number of aromatic carboxylic acids is 1. The molecule has 4 aromatic rings. The van der Waals surface area contributed by atoms with Crippen LogP contribution in [-0.2, 0) is 0 Å². The zero-order valence-electron chi connectivity index (χ0n) is 20.1. The van der Waals surface area contributed by atoms with Crippen LogP contribution in [0.5, 0.6) is 0 Å². The summed E-state index contributed by atoms with van der Waals surface area (Å²) >= 11 is 0. The van der Waals surface area contributed by atoms with Gasteiger partial charge in [0, 0.05) is 45.9 Å². The van der Waals surface area contributed by atoms with E-state index in [-0.39, 0.29) is 16.8 Å². The van der Waals surface area contributed by atoms with Crippen LogP contribution in [0.3, 0.4) is 0 Å². The van der Waals surface area contributed by atoms with Crippen molar-refractivity contribution < 1.29 is 29.2 Å². The van der Waals surface area contributed by atoms with E-state index in [0.717, 1.165) is 0 Å². The van der Waals surface area contributed by atoms with Crippen molar-refractivity contribution in [3.8, 4) is 0 Å². The molecule has 0 aliphatic carbocycles. The van der Waals surface area contributed by atoms with Crippen LogP contribution in [-0.4, -0.2) is 33.7 Å². The van der Waals surface area contributed by atoms with E-state index in [0.29, 0.717) is 28.2 Å². The number of hydrogen-bond acceptors (Lipinski definition) is 6. The lowest BCUT2D eigenvalue weighted by Crippen LogP contribution is -2.14. The molecule has 0 atom stereocenters. The Labute approximate surface area is 221 Å². The van der Waals surface area contributed by atoms with Gasteiger partial charge in [-0.25, -0.2) is 4.79 Å². The maximum absolute atomic E-state index is 12.6. The third kappa shape index (κ3) is 6.68. The normalized spacial score (nSPS) is 10.3. The second-order valence-corrected chi connectivity index (χ2v) is 8.20. The first-order chi connectivity index (χ1) is 18.7. The number of amides is 3. The van der Waals surface area contributed by atoms with E-state index in [1.807, 2.05) is 0 Å². The summed E-state index contributed by atoms with van der Waals surface area (Å²) in [5, 5.41) is 27.8. The molecule has 0 spiro atoms. The highest BCUT2D eigenvalue weighted by molar-refractivity contribution is 6.07. The predicted octanol–water partition coefficient (Wildman–Crippen LogP) is 5.05. The molecule has 11 nitrogen and oxygen atoms in total. The van der Waals surface area contributed by atoms with Gasteiger partial charge in [0.25, 0.3) is 23.4 Å². The fourth-order valence-corrected chi connectivity index (χ4v) is 3.45. The van der Waals surface area contributed by atoms with Crippen LogP contribution < -0.4 is 16.0 Å². The lowest BCUT2D eigenvalue weighted by molar-refractivity contribution is -0.384. The molecule has 0 heterocycles. The number of nitro groups is 1. The van der Waals surface area contributed by atoms with Gasteiger partial charge in [0.1, 0.15) is 0 Å². The van der Waals surface area contributed by atoms with Gasteiger partial charge in [-0.15, -0.1) is 0 Å². The number of nitrogens with zero attached hydrogens (tertiary/aromatic N) is 1. The third-order valence-electron chi connectivity index (χ3n) is 5.54. The van der Waals surface area contributed by atoms with Gasteiger partial charge in [-0.3, -0.25) is 24.5 Å². The van der Waals surface area contributed by atoms with Crippen molar-refractivity contribution in [1.29, 1.82) is 0 Å². The van der Waals surface area contributed by atoms with E-state index < -0.39 is 28.6 Å². The summed E-state index contributed by atoms with van der Waals surface area (Å²) in [5.74, 6) is -2.32. The molecule has 0 saturated carbocycles. The van der Waals surface area contributed by atoms with Crippen molar-refractivity contribution in [3.05, 3.63) is 129 Å². The van der Waals surface area contributed by atoms with Crippen molar-refractivity contribution in [1.82, 2.24) is 0 Å². The number of non-ortho nitro benzene ring substituents is 1. The highest BCUT2D eigenvalue weighted by Gasteiger charge is 2.12. The smallest absolute Gasteiger partial charge is 0.335 e. The molecular weight excluding hydrogens is 504 g/mol. The molecule has 11 heteroatoms. The first kappa shape index (κ1) is 26.2. The van der Waals surface area contributed by atoms with E-state index in [2.05, 4.69) is 16.0 Å². The van der Waals surface area contributed by atoms with Crippen LogP contribution in [0.15, 0.2) is 97.1 Å². The summed E-state index contributed by atoms with van der Waals surface area (Å²) in [4.78, 5) is 58.6. The number of carbonyl (C=O) groups excluding carboxylic acids is 3. The quantitative estimate of drug-likeness (QED) is 0.185. The zero-order valence-corrected chi connectivity index (χ0v) is 20.1. The Kier molecular flexibility index (Phi) is 7.72. The molecule has 0 bridgehead atoms. The molecule has 0 unspecified atom stereocenters. The zero-order chi connectivity index (χ0) is 27.9. The molecule has 4 N–H and O–H groups in total. The Morgan fingerprint density at radius 2 is 0.795 bits per heavy atom. The van der Waals surface area contributed by atoms with Crippen molar-refractivity contribution in [2.75, 3.05) is 16.0 Å². The minimum Gasteiger partial charge on any atom is -0.478 e. The molecule has 0 aliphatic rings. The topological polar surface area (TPSA) is 168 Å². The van der Waals surface area contributed by atoms with E-state index in [1.165, 1.54) is 72.8 Å². The molecular formula is C28H20N4O7. The van der Waals surface area contributed by atoms with Gasteiger partial charge in [-0.1, -0.05) is 0 Å². The van der Waals surface area contributed by atoms with Crippen molar-refractivity contribution in [2.24, 2.45) is 0 Å². The Morgan fingerprint density at radius 1 is 0.513 bits per heavy atom. The van der Waals surface area contributed by atoms with Crippen LogP contribution in [0.25, 0.3) is 0 Å². The van der Waals surface area contributed by atoms with Gasteiger partial charge in [-0.2, -0.15) is 0 Å². The average Bonchev–Trinajstić information content (AvgIpc) is 2.94. The predicted molar refractivity (Wildman–Crippen MR) is 143 cm³/mol. The molecule has 4 rings (SSSR count). The van der Waals surface area contributed by atoms with Gasteiger partial charge in [0.15, 0.2) is 0 Å². The van der Waals surface area contributed by atoms with Gasteiger partial charge >= 0.3 is 5.97 Å². The number of nitro benzene ring substituents is 1. The van der Waals surface area contributed by atoms with Gasteiger partial charge < -0.3 is 21.1 Å².